The van der Waals surface area contributed by atoms with Gasteiger partial charge in [0.2, 0.25) is 0 Å². The molecule has 0 unspecified atom stereocenters. The van der Waals surface area contributed by atoms with Crippen molar-refractivity contribution in [2.75, 3.05) is 0 Å². The van der Waals surface area contributed by atoms with Gasteiger partial charge in [-0.3, -0.25) is 9.69 Å². The highest BCUT2D eigenvalue weighted by Crippen LogP contribution is 2.35. The summed E-state index contributed by atoms with van der Waals surface area (Å²) in [6, 6.07) is 6.66. The Morgan fingerprint density at radius 3 is 2.41 bits per heavy atom. The van der Waals surface area contributed by atoms with Crippen LogP contribution in [0.1, 0.15) is 25.0 Å². The Hall–Kier alpha value is -1.66. The zero-order valence-corrected chi connectivity index (χ0v) is 14.2. The number of carboxylic acid groups (broad SMARTS) is 1. The number of rotatable bonds is 4. The van der Waals surface area contributed by atoms with Crippen LogP contribution in [-0.4, -0.2) is 27.1 Å². The van der Waals surface area contributed by atoms with Crippen LogP contribution >= 0.6 is 24.0 Å². The third kappa shape index (κ3) is 3.39. The van der Waals surface area contributed by atoms with Crippen LogP contribution in [0.5, 0.6) is 0 Å². The number of benzene rings is 1. The third-order valence-electron chi connectivity index (χ3n) is 3.35. The Morgan fingerprint density at radius 1 is 1.32 bits per heavy atom. The van der Waals surface area contributed by atoms with Crippen molar-refractivity contribution in [3.8, 4) is 0 Å². The van der Waals surface area contributed by atoms with E-state index in [1.165, 1.54) is 0 Å². The van der Waals surface area contributed by atoms with Gasteiger partial charge in [0.05, 0.1) is 16.9 Å². The van der Waals surface area contributed by atoms with Crippen LogP contribution < -0.4 is 5.11 Å². The number of aliphatic carboxylic acids is 1. The molecule has 0 N–H and O–H groups in total. The lowest BCUT2D eigenvalue weighted by Gasteiger charge is -2.30. The summed E-state index contributed by atoms with van der Waals surface area (Å²) in [5, 5.41) is 11.3. The van der Waals surface area contributed by atoms with Crippen molar-refractivity contribution in [2.45, 2.75) is 26.8 Å². The summed E-state index contributed by atoms with van der Waals surface area (Å²) in [4.78, 5) is 25.4. The van der Waals surface area contributed by atoms with Gasteiger partial charge in [0.15, 0.2) is 0 Å². The van der Waals surface area contributed by atoms with Crippen LogP contribution in [0.4, 0.5) is 0 Å². The van der Waals surface area contributed by atoms with Crippen LogP contribution in [-0.2, 0) is 9.59 Å². The normalized spacial score (nSPS) is 18.4. The quantitative estimate of drug-likeness (QED) is 0.622. The van der Waals surface area contributed by atoms with E-state index in [1.54, 1.807) is 19.9 Å². The smallest absolute Gasteiger partial charge is 0.266 e. The van der Waals surface area contributed by atoms with Crippen LogP contribution in [0, 0.1) is 12.8 Å². The zero-order chi connectivity index (χ0) is 16.4. The number of nitrogens with zero attached hydrogens (tertiary/aromatic N) is 1. The number of hydrogen-bond donors (Lipinski definition) is 0. The molecule has 6 heteroatoms. The first-order valence-electron chi connectivity index (χ1n) is 6.86. The van der Waals surface area contributed by atoms with E-state index in [1.807, 2.05) is 31.2 Å². The molecular weight excluding hydrogens is 318 g/mol. The standard InChI is InChI=1S/C16H17NO3S2/c1-9(2)13(15(19)20)17-14(18)12(22-16(17)21)8-11-6-4-10(3)5-7-11/h4-9,13H,1-3H3,(H,19,20)/p-1/b12-8-/t13-/m0/s1. The van der Waals surface area contributed by atoms with Crippen LogP contribution in [0.15, 0.2) is 29.2 Å². The van der Waals surface area contributed by atoms with E-state index in [-0.39, 0.29) is 16.1 Å². The van der Waals surface area contributed by atoms with Crippen molar-refractivity contribution >= 4 is 46.3 Å². The van der Waals surface area contributed by atoms with Gasteiger partial charge >= 0.3 is 0 Å². The highest BCUT2D eigenvalue weighted by Gasteiger charge is 2.38. The van der Waals surface area contributed by atoms with Gasteiger partial charge in [-0.2, -0.15) is 0 Å². The van der Waals surface area contributed by atoms with Gasteiger partial charge in [-0.25, -0.2) is 0 Å². The third-order valence-corrected chi connectivity index (χ3v) is 4.68. The summed E-state index contributed by atoms with van der Waals surface area (Å²) in [7, 11) is 0. The predicted molar refractivity (Wildman–Crippen MR) is 89.8 cm³/mol. The first-order chi connectivity index (χ1) is 10.3. The predicted octanol–water partition coefficient (Wildman–Crippen LogP) is 1.97. The molecule has 116 valence electrons. The monoisotopic (exact) mass is 334 g/mol. The zero-order valence-electron chi connectivity index (χ0n) is 12.5. The van der Waals surface area contributed by atoms with Gasteiger partial charge in [-0.05, 0) is 24.5 Å². The van der Waals surface area contributed by atoms with Crippen molar-refractivity contribution in [3.05, 3.63) is 40.3 Å². The second-order valence-electron chi connectivity index (χ2n) is 5.47. The number of amides is 1. The molecule has 0 aromatic heterocycles. The minimum absolute atomic E-state index is 0.256. The van der Waals surface area contributed by atoms with Crippen molar-refractivity contribution in [2.24, 2.45) is 5.92 Å². The number of thioether (sulfide) groups is 1. The molecule has 1 aromatic rings. The average molecular weight is 334 g/mol. The van der Waals surface area contributed by atoms with Gasteiger partial charge in [-0.15, -0.1) is 0 Å². The maximum Gasteiger partial charge on any atom is 0.266 e. The Labute approximate surface area is 139 Å². The molecule has 0 saturated carbocycles. The molecular formula is C16H16NO3S2-. The van der Waals surface area contributed by atoms with Crippen molar-refractivity contribution in [1.29, 1.82) is 0 Å². The molecule has 0 bridgehead atoms. The molecule has 1 aliphatic rings. The highest BCUT2D eigenvalue weighted by molar-refractivity contribution is 8.26. The fraction of sp³-hybridized carbons (Fsp3) is 0.312. The number of carbonyl (C=O) groups is 2. The molecule has 22 heavy (non-hydrogen) atoms. The Balaban J connectivity index is 2.32. The molecule has 1 heterocycles. The van der Waals surface area contributed by atoms with E-state index in [4.69, 9.17) is 12.2 Å². The molecule has 1 saturated heterocycles. The van der Waals surface area contributed by atoms with E-state index in [0.29, 0.717) is 4.91 Å². The van der Waals surface area contributed by atoms with E-state index in [0.717, 1.165) is 27.8 Å². The maximum atomic E-state index is 12.5. The minimum Gasteiger partial charge on any atom is -0.548 e. The number of carboxylic acids is 1. The van der Waals surface area contributed by atoms with Crippen LogP contribution in [0.3, 0.4) is 0 Å². The Bertz CT molecular complexity index is 650. The maximum absolute atomic E-state index is 12.5. The SMILES string of the molecule is Cc1ccc(/C=C2\SC(=S)N([C@H](C(=O)[O-])C(C)C)C2=O)cc1. The minimum atomic E-state index is -1.29. The molecule has 1 aromatic carbocycles. The van der Waals surface area contributed by atoms with Crippen molar-refractivity contribution in [3.63, 3.8) is 0 Å². The number of aryl methyl sites for hydroxylation is 1. The largest absolute Gasteiger partial charge is 0.548 e. The lowest BCUT2D eigenvalue weighted by molar-refractivity contribution is -0.311. The number of thiocarbonyl (C=S) groups is 1. The first-order valence-corrected chi connectivity index (χ1v) is 8.08. The number of carbonyl (C=O) groups excluding carboxylic acids is 2. The highest BCUT2D eigenvalue weighted by atomic mass is 32.2. The van der Waals surface area contributed by atoms with Crippen LogP contribution in [0.2, 0.25) is 0 Å². The van der Waals surface area contributed by atoms with Crippen LogP contribution in [0.25, 0.3) is 6.08 Å². The molecule has 0 aliphatic carbocycles. The fourth-order valence-corrected chi connectivity index (χ4v) is 3.54. The summed E-state index contributed by atoms with van der Waals surface area (Å²) in [6.45, 7) is 5.43. The first kappa shape index (κ1) is 16.7. The second kappa shape index (κ2) is 6.62. The molecule has 1 fully saturated rings. The van der Waals surface area contributed by atoms with Gasteiger partial charge < -0.3 is 9.90 Å². The molecule has 1 aliphatic heterocycles. The summed E-state index contributed by atoms with van der Waals surface area (Å²) in [5.74, 6) is -1.95. The molecule has 1 atom stereocenters. The summed E-state index contributed by atoms with van der Waals surface area (Å²) in [5.41, 5.74) is 2.00. The fourth-order valence-electron chi connectivity index (χ4n) is 2.21. The molecule has 4 nitrogen and oxygen atoms in total. The summed E-state index contributed by atoms with van der Waals surface area (Å²) >= 11 is 6.30. The molecule has 0 radical (unpaired) electrons. The van der Waals surface area contributed by atoms with E-state index < -0.39 is 12.0 Å². The van der Waals surface area contributed by atoms with Crippen molar-refractivity contribution < 1.29 is 14.7 Å². The lowest BCUT2D eigenvalue weighted by Crippen LogP contribution is -2.52. The van der Waals surface area contributed by atoms with Gasteiger partial charge in [0.25, 0.3) is 5.91 Å². The average Bonchev–Trinajstić information content (AvgIpc) is 2.69. The molecule has 1 amide bonds. The van der Waals surface area contributed by atoms with Gasteiger partial charge in [0, 0.05) is 0 Å². The second-order valence-corrected chi connectivity index (χ2v) is 7.15. The lowest BCUT2D eigenvalue weighted by atomic mass is 10.0. The van der Waals surface area contributed by atoms with Gasteiger partial charge in [0.1, 0.15) is 4.32 Å². The van der Waals surface area contributed by atoms with E-state index in [9.17, 15) is 14.7 Å². The summed E-state index contributed by atoms with van der Waals surface area (Å²) in [6.07, 6.45) is 1.73. The van der Waals surface area contributed by atoms with Crippen molar-refractivity contribution in [1.82, 2.24) is 4.90 Å². The Kier molecular flexibility index (Phi) is 5.03. The Morgan fingerprint density at radius 2 is 1.91 bits per heavy atom. The topological polar surface area (TPSA) is 60.4 Å². The van der Waals surface area contributed by atoms with E-state index >= 15 is 0 Å². The molecule has 0 spiro atoms. The molecule has 2 rings (SSSR count). The summed E-state index contributed by atoms with van der Waals surface area (Å²) < 4.78 is 0.256. The number of hydrogen-bond acceptors (Lipinski definition) is 5. The van der Waals surface area contributed by atoms with E-state index in [2.05, 4.69) is 0 Å². The van der Waals surface area contributed by atoms with Gasteiger partial charge in [-0.1, -0.05) is 67.7 Å².